The number of phosphoric ester groups is 1. The lowest BCUT2D eigenvalue weighted by Crippen LogP contribution is -2.37. The smallest absolute Gasteiger partial charge is 0.462 e. The largest absolute Gasteiger partial charge is 0.472 e. The van der Waals surface area contributed by atoms with Gasteiger partial charge >= 0.3 is 19.8 Å². The maximum Gasteiger partial charge on any atom is 0.472 e. The minimum atomic E-state index is -4.39. The van der Waals surface area contributed by atoms with Crippen LogP contribution in [0.5, 0.6) is 0 Å². The Bertz CT molecular complexity index is 1640. The van der Waals surface area contributed by atoms with Crippen molar-refractivity contribution >= 4 is 19.8 Å². The summed E-state index contributed by atoms with van der Waals surface area (Å²) in [4.78, 5) is 35.9. The van der Waals surface area contributed by atoms with Crippen molar-refractivity contribution in [1.82, 2.24) is 0 Å². The van der Waals surface area contributed by atoms with E-state index in [1.54, 1.807) is 0 Å². The zero-order valence-corrected chi connectivity index (χ0v) is 60.8. The Morgan fingerprint density at radius 2 is 0.640 bits per heavy atom. The molecule has 0 amide bonds. The number of ether oxygens (including phenoxy) is 2. The van der Waals surface area contributed by atoms with Crippen LogP contribution in [0, 0.1) is 0 Å². The molecule has 10 heteroatoms. The number of phosphoric acid groups is 1. The predicted octanol–water partition coefficient (Wildman–Crippen LogP) is 25.6. The summed E-state index contributed by atoms with van der Waals surface area (Å²) in [5, 5.41) is 0. The Morgan fingerprint density at radius 1 is 0.360 bits per heavy atom. The van der Waals surface area contributed by atoms with Crippen molar-refractivity contribution in [2.45, 2.75) is 399 Å². The number of nitrogens with zero attached hydrogens (tertiary/aromatic N) is 1. The van der Waals surface area contributed by atoms with Gasteiger partial charge in [0.05, 0.1) is 27.7 Å². The average Bonchev–Trinajstić information content (AvgIpc) is 3.60. The monoisotopic (exact) mass is 1270 g/mol. The summed E-state index contributed by atoms with van der Waals surface area (Å²) >= 11 is 0. The van der Waals surface area contributed by atoms with E-state index in [0.717, 1.165) is 57.8 Å². The molecule has 1 N–H and O–H groups in total. The number of likely N-dealkylation sites (N-methyl/N-ethyl adjacent to an activating group) is 1. The van der Waals surface area contributed by atoms with Gasteiger partial charge in [-0.2, -0.15) is 0 Å². The van der Waals surface area contributed by atoms with E-state index >= 15 is 0 Å². The van der Waals surface area contributed by atoms with E-state index in [1.807, 2.05) is 21.1 Å². The Balaban J connectivity index is 3.90. The molecule has 524 valence electrons. The van der Waals surface area contributed by atoms with Gasteiger partial charge < -0.3 is 18.9 Å². The van der Waals surface area contributed by atoms with Crippen LogP contribution in [0.2, 0.25) is 0 Å². The van der Waals surface area contributed by atoms with Crippen LogP contribution in [-0.4, -0.2) is 74.9 Å². The summed E-state index contributed by atoms with van der Waals surface area (Å²) in [6, 6.07) is 0. The lowest BCUT2D eigenvalue weighted by atomic mass is 10.0. The van der Waals surface area contributed by atoms with Gasteiger partial charge in [-0.15, -0.1) is 0 Å². The Morgan fingerprint density at radius 3 is 0.955 bits per heavy atom. The first kappa shape index (κ1) is 87.0. The van der Waals surface area contributed by atoms with Crippen LogP contribution in [0.25, 0.3) is 0 Å². The average molecular weight is 1270 g/mol. The van der Waals surface area contributed by atoms with Crippen molar-refractivity contribution < 1.29 is 42.1 Å². The minimum Gasteiger partial charge on any atom is -0.462 e. The molecule has 0 spiro atoms. The molecule has 0 heterocycles. The molecule has 0 aromatic carbocycles. The van der Waals surface area contributed by atoms with Crippen LogP contribution >= 0.6 is 7.82 Å². The first-order chi connectivity index (χ1) is 43.5. The molecule has 0 aliphatic carbocycles. The number of carbonyl (C=O) groups is 2. The van der Waals surface area contributed by atoms with Gasteiger partial charge in [0, 0.05) is 12.8 Å². The zero-order chi connectivity index (χ0) is 64.8. The van der Waals surface area contributed by atoms with E-state index in [1.165, 1.54) is 302 Å². The fourth-order valence-electron chi connectivity index (χ4n) is 11.7. The predicted molar refractivity (Wildman–Crippen MR) is 386 cm³/mol. The molecular weight excluding hydrogens is 1120 g/mol. The van der Waals surface area contributed by atoms with Gasteiger partial charge in [0.15, 0.2) is 6.10 Å². The summed E-state index contributed by atoms with van der Waals surface area (Å²) < 4.78 is 34.8. The van der Waals surface area contributed by atoms with Crippen molar-refractivity contribution in [3.05, 3.63) is 48.6 Å². The maximum absolute atomic E-state index is 12.9. The number of hydrogen-bond donors (Lipinski definition) is 1. The highest BCUT2D eigenvalue weighted by atomic mass is 31.2. The van der Waals surface area contributed by atoms with Gasteiger partial charge in [0.1, 0.15) is 19.8 Å². The van der Waals surface area contributed by atoms with E-state index in [9.17, 15) is 19.0 Å². The van der Waals surface area contributed by atoms with Crippen LogP contribution in [0.4, 0.5) is 0 Å². The molecule has 0 aromatic rings. The van der Waals surface area contributed by atoms with Crippen LogP contribution in [0.3, 0.4) is 0 Å². The molecule has 2 unspecified atom stereocenters. The molecule has 0 saturated carbocycles. The SMILES string of the molecule is CC/C=C\C/C=C\C/C=C\C/C=C\CCCCCCCCCCCCCCCCC(=O)OC(COC(=O)CCCCCCCCCCCCCCCCCCCCCCCCCCCCCCCCCCCCCCCC)COP(=O)(O)OCC[N+](C)(C)C. The molecule has 9 nitrogen and oxygen atoms in total. The standard InChI is InChI=1S/C79H150NO8P/c1-6-8-10-12-14-16-18-20-22-24-26-28-30-32-34-35-36-37-38-39-40-41-42-43-44-46-47-49-51-53-55-57-59-61-63-65-67-69-71-78(81)85-75-77(76-87-89(83,84)86-74-73-80(3,4)5)88-79(82)72-70-68-66-64-62-60-58-56-54-52-50-48-45-33-31-29-27-25-23-21-19-17-15-13-11-9-7-2/h9,11,15,17,21,23,27,29,77H,6-8,10,12-14,16,18-20,22,24-26,28,30-76H2,1-5H3/p+1/b11-9-,17-15-,23-21-,29-27-. The molecule has 0 fully saturated rings. The molecule has 0 rings (SSSR count). The van der Waals surface area contributed by atoms with Crippen LogP contribution in [0.15, 0.2) is 48.6 Å². The lowest BCUT2D eigenvalue weighted by molar-refractivity contribution is -0.870. The fourth-order valence-corrected chi connectivity index (χ4v) is 12.5. The molecule has 0 aliphatic heterocycles. The second-order valence-corrected chi connectivity index (χ2v) is 29.2. The van der Waals surface area contributed by atoms with E-state index in [4.69, 9.17) is 18.5 Å². The summed E-state index contributed by atoms with van der Waals surface area (Å²) in [7, 11) is 1.49. The highest BCUT2D eigenvalue weighted by molar-refractivity contribution is 7.47. The van der Waals surface area contributed by atoms with Crippen LogP contribution in [-0.2, 0) is 32.7 Å². The Kier molecular flexibility index (Phi) is 68.7. The number of quaternary nitrogens is 1. The Labute approximate surface area is 554 Å². The molecule has 0 aliphatic rings. The van der Waals surface area contributed by atoms with Crippen molar-refractivity contribution in [3.63, 3.8) is 0 Å². The number of allylic oxidation sites excluding steroid dienone is 8. The molecule has 0 aromatic heterocycles. The van der Waals surface area contributed by atoms with E-state index in [0.29, 0.717) is 23.9 Å². The van der Waals surface area contributed by atoms with E-state index in [-0.39, 0.29) is 25.6 Å². The van der Waals surface area contributed by atoms with E-state index in [2.05, 4.69) is 62.5 Å². The first-order valence-corrected chi connectivity index (χ1v) is 40.4. The van der Waals surface area contributed by atoms with Crippen LogP contribution in [0.1, 0.15) is 393 Å². The molecule has 0 bridgehead atoms. The summed E-state index contributed by atoms with van der Waals surface area (Å²) in [6.07, 6.45) is 92.6. The normalized spacial score (nSPS) is 13.3. The van der Waals surface area contributed by atoms with Gasteiger partial charge in [0.2, 0.25) is 0 Å². The maximum atomic E-state index is 12.9. The molecular formula is C79H151NO8P+. The van der Waals surface area contributed by atoms with Crippen LogP contribution < -0.4 is 0 Å². The van der Waals surface area contributed by atoms with Gasteiger partial charge in [-0.1, -0.05) is 377 Å². The number of carbonyl (C=O) groups excluding carboxylic acids is 2. The molecule has 0 saturated heterocycles. The number of hydrogen-bond acceptors (Lipinski definition) is 7. The first-order valence-electron chi connectivity index (χ1n) is 38.9. The van der Waals surface area contributed by atoms with Crippen molar-refractivity contribution in [2.75, 3.05) is 47.5 Å². The van der Waals surface area contributed by atoms with E-state index < -0.39 is 26.5 Å². The topological polar surface area (TPSA) is 108 Å². The molecule has 0 radical (unpaired) electrons. The van der Waals surface area contributed by atoms with Crippen molar-refractivity contribution in [1.29, 1.82) is 0 Å². The number of esters is 2. The van der Waals surface area contributed by atoms with Gasteiger partial charge in [0.25, 0.3) is 0 Å². The molecule has 2 atom stereocenters. The third-order valence-electron chi connectivity index (χ3n) is 17.6. The second kappa shape index (κ2) is 70.3. The quantitative estimate of drug-likeness (QED) is 0.0211. The number of rotatable bonds is 73. The summed E-state index contributed by atoms with van der Waals surface area (Å²) in [6.45, 7) is 4.39. The second-order valence-electron chi connectivity index (χ2n) is 27.7. The van der Waals surface area contributed by atoms with Crippen molar-refractivity contribution in [3.8, 4) is 0 Å². The fraction of sp³-hybridized carbons (Fsp3) is 0.873. The molecule has 89 heavy (non-hydrogen) atoms. The lowest BCUT2D eigenvalue weighted by Gasteiger charge is -2.24. The van der Waals surface area contributed by atoms with Gasteiger partial charge in [-0.3, -0.25) is 18.6 Å². The highest BCUT2D eigenvalue weighted by Gasteiger charge is 2.27. The van der Waals surface area contributed by atoms with Crippen molar-refractivity contribution in [2.24, 2.45) is 0 Å². The number of unbranched alkanes of at least 4 members (excludes halogenated alkanes) is 51. The highest BCUT2D eigenvalue weighted by Crippen LogP contribution is 2.43. The summed E-state index contributed by atoms with van der Waals surface area (Å²) in [5.74, 6) is -0.778. The van der Waals surface area contributed by atoms with Gasteiger partial charge in [-0.25, -0.2) is 4.57 Å². The third kappa shape index (κ3) is 74.9. The third-order valence-corrected chi connectivity index (χ3v) is 18.6. The van der Waals surface area contributed by atoms with Gasteiger partial charge in [-0.05, 0) is 51.4 Å². The Hall–Kier alpha value is -2.03. The minimum absolute atomic E-state index is 0.0332. The zero-order valence-electron chi connectivity index (χ0n) is 59.9. The summed E-state index contributed by atoms with van der Waals surface area (Å²) in [5.41, 5.74) is 0.